The number of benzene rings is 2. The number of ketones is 1. The summed E-state index contributed by atoms with van der Waals surface area (Å²) in [6.07, 6.45) is 0. The van der Waals surface area contributed by atoms with Crippen LogP contribution in [0.5, 0.6) is 0 Å². The number of aryl methyl sites for hydroxylation is 1. The fraction of sp³-hybridized carbons (Fsp3) is 0.333. The molecule has 0 radical (unpaired) electrons. The molecule has 0 saturated heterocycles. The van der Waals surface area contributed by atoms with Crippen LogP contribution in [0.1, 0.15) is 37.9 Å². The van der Waals surface area contributed by atoms with Crippen LogP contribution in [0.2, 0.25) is 0 Å². The maximum Gasteiger partial charge on any atom is 0.294 e. The van der Waals surface area contributed by atoms with E-state index in [0.29, 0.717) is 5.69 Å². The van der Waals surface area contributed by atoms with Gasteiger partial charge in [-0.3, -0.25) is 14.5 Å². The molecule has 1 aliphatic rings. The van der Waals surface area contributed by atoms with Gasteiger partial charge in [-0.15, -0.1) is 0 Å². The number of amides is 1. The van der Waals surface area contributed by atoms with E-state index in [1.165, 1.54) is 4.90 Å². The molecule has 29 heavy (non-hydrogen) atoms. The third-order valence-corrected chi connectivity index (χ3v) is 5.14. The molecule has 0 aromatic heterocycles. The van der Waals surface area contributed by atoms with E-state index in [4.69, 9.17) is 0 Å². The van der Waals surface area contributed by atoms with Crippen molar-refractivity contribution in [1.82, 2.24) is 0 Å². The Balaban J connectivity index is 2.17. The fourth-order valence-corrected chi connectivity index (χ4v) is 3.57. The SMILES string of the molecule is Cc1cccc(C2C(C(=O)C(C)(C)C)=C(O)C(=O)N2c2ccc(N(C)C)cc2)c1. The van der Waals surface area contributed by atoms with Crippen molar-refractivity contribution >= 4 is 23.1 Å². The molecule has 5 nitrogen and oxygen atoms in total. The van der Waals surface area contributed by atoms with Gasteiger partial charge < -0.3 is 10.0 Å². The summed E-state index contributed by atoms with van der Waals surface area (Å²) in [5, 5.41) is 10.7. The second-order valence-electron chi connectivity index (χ2n) is 8.74. The molecule has 1 atom stereocenters. The van der Waals surface area contributed by atoms with E-state index in [1.54, 1.807) is 20.8 Å². The molecule has 0 bridgehead atoms. The molecule has 2 aromatic rings. The van der Waals surface area contributed by atoms with Crippen LogP contribution in [-0.2, 0) is 9.59 Å². The monoisotopic (exact) mass is 392 g/mol. The molecule has 152 valence electrons. The Hall–Kier alpha value is -3.08. The van der Waals surface area contributed by atoms with E-state index in [9.17, 15) is 14.7 Å². The van der Waals surface area contributed by atoms with Crippen LogP contribution >= 0.6 is 0 Å². The number of Topliss-reactive ketones (excluding diaryl/α,β-unsaturated/α-hetero) is 1. The minimum Gasteiger partial charge on any atom is -0.503 e. The number of hydrogen-bond donors (Lipinski definition) is 1. The van der Waals surface area contributed by atoms with Crippen molar-refractivity contribution in [3.63, 3.8) is 0 Å². The number of rotatable bonds is 4. The van der Waals surface area contributed by atoms with Gasteiger partial charge in [0.2, 0.25) is 0 Å². The van der Waals surface area contributed by atoms with Crippen LogP contribution in [0.3, 0.4) is 0 Å². The van der Waals surface area contributed by atoms with Crippen molar-refractivity contribution in [2.45, 2.75) is 33.7 Å². The summed E-state index contributed by atoms with van der Waals surface area (Å²) < 4.78 is 0. The van der Waals surface area contributed by atoms with Crippen molar-refractivity contribution in [3.05, 3.63) is 71.0 Å². The van der Waals surface area contributed by atoms with Gasteiger partial charge in [-0.2, -0.15) is 0 Å². The highest BCUT2D eigenvalue weighted by atomic mass is 16.3. The Kier molecular flexibility index (Phi) is 5.26. The molecule has 0 spiro atoms. The molecule has 1 aliphatic heterocycles. The third kappa shape index (κ3) is 3.77. The predicted molar refractivity (Wildman–Crippen MR) is 116 cm³/mol. The third-order valence-electron chi connectivity index (χ3n) is 5.14. The summed E-state index contributed by atoms with van der Waals surface area (Å²) in [5.74, 6) is -1.25. The molecule has 1 N–H and O–H groups in total. The van der Waals surface area contributed by atoms with Crippen molar-refractivity contribution in [1.29, 1.82) is 0 Å². The van der Waals surface area contributed by atoms with E-state index in [1.807, 2.05) is 74.4 Å². The second kappa shape index (κ2) is 7.39. The van der Waals surface area contributed by atoms with Crippen LogP contribution in [-0.4, -0.2) is 30.9 Å². The molecule has 3 rings (SSSR count). The minimum atomic E-state index is -0.726. The Morgan fingerprint density at radius 3 is 2.21 bits per heavy atom. The van der Waals surface area contributed by atoms with Gasteiger partial charge in [0, 0.05) is 30.9 Å². The van der Waals surface area contributed by atoms with Gasteiger partial charge in [-0.25, -0.2) is 0 Å². The number of nitrogens with zero attached hydrogens (tertiary/aromatic N) is 2. The quantitative estimate of drug-likeness (QED) is 0.828. The average Bonchev–Trinajstić information content (AvgIpc) is 2.91. The predicted octanol–water partition coefficient (Wildman–Crippen LogP) is 4.58. The highest BCUT2D eigenvalue weighted by molar-refractivity contribution is 6.17. The van der Waals surface area contributed by atoms with Gasteiger partial charge in [0.05, 0.1) is 11.6 Å². The maximum atomic E-state index is 13.2. The zero-order valence-corrected chi connectivity index (χ0v) is 17.9. The lowest BCUT2D eigenvalue weighted by molar-refractivity contribution is -0.123. The molecule has 0 fully saturated rings. The summed E-state index contributed by atoms with van der Waals surface area (Å²) in [6, 6.07) is 14.5. The van der Waals surface area contributed by atoms with Crippen LogP contribution in [0.25, 0.3) is 0 Å². The molecule has 2 aromatic carbocycles. The van der Waals surface area contributed by atoms with Gasteiger partial charge in [-0.05, 0) is 36.8 Å². The second-order valence-corrected chi connectivity index (χ2v) is 8.74. The van der Waals surface area contributed by atoms with E-state index >= 15 is 0 Å². The zero-order chi connectivity index (χ0) is 21.5. The number of aliphatic hydroxyl groups is 1. The van der Waals surface area contributed by atoms with Crippen LogP contribution in [0, 0.1) is 12.3 Å². The first-order chi connectivity index (χ1) is 13.5. The largest absolute Gasteiger partial charge is 0.503 e. The molecule has 1 amide bonds. The normalized spacial score (nSPS) is 17.1. The van der Waals surface area contributed by atoms with Crippen molar-refractivity contribution < 1.29 is 14.7 Å². The summed E-state index contributed by atoms with van der Waals surface area (Å²) in [4.78, 5) is 29.8. The molecule has 0 saturated carbocycles. The molecule has 1 unspecified atom stereocenters. The van der Waals surface area contributed by atoms with Gasteiger partial charge in [-0.1, -0.05) is 50.6 Å². The minimum absolute atomic E-state index is 0.157. The number of hydrogen-bond acceptors (Lipinski definition) is 4. The van der Waals surface area contributed by atoms with Gasteiger partial charge in [0.25, 0.3) is 5.91 Å². The van der Waals surface area contributed by atoms with Crippen molar-refractivity contribution in [2.24, 2.45) is 5.41 Å². The lowest BCUT2D eigenvalue weighted by Gasteiger charge is -2.29. The first-order valence-electron chi connectivity index (χ1n) is 9.68. The molecular formula is C24H28N2O3. The Morgan fingerprint density at radius 2 is 1.69 bits per heavy atom. The van der Waals surface area contributed by atoms with Crippen molar-refractivity contribution in [3.8, 4) is 0 Å². The van der Waals surface area contributed by atoms with E-state index < -0.39 is 23.1 Å². The maximum absolute atomic E-state index is 13.2. The van der Waals surface area contributed by atoms with E-state index in [-0.39, 0.29) is 11.4 Å². The molecule has 0 aliphatic carbocycles. The smallest absolute Gasteiger partial charge is 0.294 e. The first-order valence-corrected chi connectivity index (χ1v) is 9.68. The number of anilines is 2. The molecular weight excluding hydrogens is 364 g/mol. The highest BCUT2D eigenvalue weighted by Crippen LogP contribution is 2.43. The lowest BCUT2D eigenvalue weighted by atomic mass is 9.82. The van der Waals surface area contributed by atoms with Crippen LogP contribution < -0.4 is 9.80 Å². The average molecular weight is 392 g/mol. The summed E-state index contributed by atoms with van der Waals surface area (Å²) in [5.41, 5.74) is 2.88. The van der Waals surface area contributed by atoms with Crippen molar-refractivity contribution in [2.75, 3.05) is 23.9 Å². The first kappa shape index (κ1) is 20.6. The van der Waals surface area contributed by atoms with Gasteiger partial charge in [0.15, 0.2) is 11.5 Å². The van der Waals surface area contributed by atoms with Gasteiger partial charge >= 0.3 is 0 Å². The Bertz CT molecular complexity index is 982. The molecule has 1 heterocycles. The standard InChI is InChI=1S/C24H28N2O3/c1-15-8-7-9-16(14-15)20-19(22(28)24(2,3)4)21(27)23(29)26(20)18-12-10-17(11-13-18)25(5)6/h7-14,20,27H,1-6H3. The summed E-state index contributed by atoms with van der Waals surface area (Å²) in [7, 11) is 3.89. The van der Waals surface area contributed by atoms with Gasteiger partial charge in [0.1, 0.15) is 0 Å². The number of aliphatic hydroxyl groups excluding tert-OH is 1. The highest BCUT2D eigenvalue weighted by Gasteiger charge is 2.46. The molecule has 5 heteroatoms. The summed E-state index contributed by atoms with van der Waals surface area (Å²) >= 11 is 0. The van der Waals surface area contributed by atoms with Crippen LogP contribution in [0.4, 0.5) is 11.4 Å². The fourth-order valence-electron chi connectivity index (χ4n) is 3.57. The van der Waals surface area contributed by atoms with E-state index in [2.05, 4.69) is 0 Å². The van der Waals surface area contributed by atoms with E-state index in [0.717, 1.165) is 16.8 Å². The number of carbonyl (C=O) groups is 2. The lowest BCUT2D eigenvalue weighted by Crippen LogP contribution is -2.32. The topological polar surface area (TPSA) is 60.9 Å². The Morgan fingerprint density at radius 1 is 1.07 bits per heavy atom. The zero-order valence-electron chi connectivity index (χ0n) is 17.9. The number of carbonyl (C=O) groups excluding carboxylic acids is 2. The van der Waals surface area contributed by atoms with Crippen LogP contribution in [0.15, 0.2) is 59.9 Å². The Labute approximate surface area is 172 Å². The summed E-state index contributed by atoms with van der Waals surface area (Å²) in [6.45, 7) is 7.34.